The van der Waals surface area contributed by atoms with E-state index < -0.39 is 40.9 Å². The van der Waals surface area contributed by atoms with Gasteiger partial charge in [-0.1, -0.05) is 42.5 Å². The molecule has 0 radical (unpaired) electrons. The van der Waals surface area contributed by atoms with E-state index in [0.717, 1.165) is 21.7 Å². The molecule has 1 aliphatic carbocycles. The zero-order valence-corrected chi connectivity index (χ0v) is 19.0. The van der Waals surface area contributed by atoms with Gasteiger partial charge < -0.3 is 14.8 Å². The molecule has 0 bridgehead atoms. The Morgan fingerprint density at radius 2 is 1.79 bits per heavy atom. The summed E-state index contributed by atoms with van der Waals surface area (Å²) in [5.74, 6) is -1.78. The van der Waals surface area contributed by atoms with Crippen LogP contribution in [0, 0.1) is 5.92 Å². The van der Waals surface area contributed by atoms with E-state index in [1.165, 1.54) is 7.11 Å². The fourth-order valence-corrected chi connectivity index (χ4v) is 5.43. The second-order valence-electron chi connectivity index (χ2n) is 9.60. The van der Waals surface area contributed by atoms with Gasteiger partial charge in [-0.3, -0.25) is 9.59 Å². The van der Waals surface area contributed by atoms with Crippen molar-refractivity contribution >= 4 is 34.9 Å². The predicted molar refractivity (Wildman–Crippen MR) is 124 cm³/mol. The summed E-state index contributed by atoms with van der Waals surface area (Å²) in [5.41, 5.74) is 1.73. The van der Waals surface area contributed by atoms with Crippen LogP contribution < -0.4 is 10.2 Å². The van der Waals surface area contributed by atoms with E-state index in [-0.39, 0.29) is 0 Å². The first-order valence-electron chi connectivity index (χ1n) is 11.0. The Bertz CT molecular complexity index is 1210. The molecule has 3 aliphatic rings. The number of ether oxygens (including phenoxy) is 2. The molecule has 2 aromatic rings. The summed E-state index contributed by atoms with van der Waals surface area (Å²) in [7, 11) is 1.32. The monoisotopic (exact) mass is 446 g/mol. The number of methoxy groups -OCH3 is 1. The smallest absolute Gasteiger partial charge is 0.421 e. The summed E-state index contributed by atoms with van der Waals surface area (Å²) in [5, 5.41) is 3.48. The highest BCUT2D eigenvalue weighted by molar-refractivity contribution is 6.24. The first-order valence-corrected chi connectivity index (χ1v) is 11.0. The molecule has 7 heteroatoms. The molecule has 2 aliphatic heterocycles. The van der Waals surface area contributed by atoms with Crippen molar-refractivity contribution in [1.29, 1.82) is 0 Å². The van der Waals surface area contributed by atoms with Crippen molar-refractivity contribution in [1.82, 2.24) is 0 Å². The molecule has 7 nitrogen and oxygen atoms in total. The van der Waals surface area contributed by atoms with E-state index in [1.54, 1.807) is 32.9 Å². The predicted octanol–water partition coefficient (Wildman–Crippen LogP) is 4.28. The minimum Gasteiger partial charge on any atom is -0.469 e. The fraction of sp³-hybridized carbons (Fsp3) is 0.346. The molecule has 3 atom stereocenters. The molecule has 1 spiro atoms. The van der Waals surface area contributed by atoms with Crippen LogP contribution in [0.25, 0.3) is 5.57 Å². The van der Waals surface area contributed by atoms with Gasteiger partial charge in [0.15, 0.2) is 0 Å². The van der Waals surface area contributed by atoms with E-state index in [2.05, 4.69) is 5.32 Å². The van der Waals surface area contributed by atoms with Crippen LogP contribution >= 0.6 is 0 Å². The van der Waals surface area contributed by atoms with E-state index in [9.17, 15) is 14.4 Å². The molecular formula is C26H26N2O5. The molecule has 0 saturated heterocycles. The summed E-state index contributed by atoms with van der Waals surface area (Å²) >= 11 is 0. The Balaban J connectivity index is 1.73. The number of rotatable bonds is 1. The van der Waals surface area contributed by atoms with Gasteiger partial charge >= 0.3 is 12.1 Å². The molecule has 5 rings (SSSR count). The van der Waals surface area contributed by atoms with Crippen LogP contribution in [0.3, 0.4) is 0 Å². The number of imide groups is 1. The Morgan fingerprint density at radius 1 is 1.09 bits per heavy atom. The summed E-state index contributed by atoms with van der Waals surface area (Å²) in [6.07, 6.45) is 1.56. The average molecular weight is 447 g/mol. The van der Waals surface area contributed by atoms with Gasteiger partial charge in [-0.15, -0.1) is 0 Å². The molecule has 0 unspecified atom stereocenters. The molecule has 170 valence electrons. The molecule has 2 amide bonds. The molecule has 2 aromatic carbocycles. The third kappa shape index (κ3) is 2.91. The first-order chi connectivity index (χ1) is 15.7. The number of benzene rings is 2. The standard InChI is InChI=1S/C26H26N2O5/c1-25(2,3)33-24(31)28-20-12-8-6-10-17(20)26(23(28)30)18(22(29)32-4)14-13-16-15-9-5-7-11-19(15)27-21(16)26/h5-13,18,21,27H,14H2,1-4H3/t18-,21-,26-/m1/s1. The number of carbonyl (C=O) groups excluding carboxylic acids is 3. The molecular weight excluding hydrogens is 420 g/mol. The Kier molecular flexibility index (Phi) is 4.64. The van der Waals surface area contributed by atoms with Crippen molar-refractivity contribution < 1.29 is 23.9 Å². The lowest BCUT2D eigenvalue weighted by molar-refractivity contribution is -0.151. The van der Waals surface area contributed by atoms with Gasteiger partial charge in [-0.2, -0.15) is 0 Å². The third-order valence-corrected chi connectivity index (χ3v) is 6.64. The average Bonchev–Trinajstić information content (AvgIpc) is 3.27. The van der Waals surface area contributed by atoms with Gasteiger partial charge in [-0.25, -0.2) is 9.69 Å². The van der Waals surface area contributed by atoms with Crippen molar-refractivity contribution in [3.05, 3.63) is 65.7 Å². The maximum atomic E-state index is 14.3. The third-order valence-electron chi connectivity index (χ3n) is 6.64. The van der Waals surface area contributed by atoms with E-state index >= 15 is 0 Å². The number of para-hydroxylation sites is 2. The Morgan fingerprint density at radius 3 is 2.52 bits per heavy atom. The fourth-order valence-electron chi connectivity index (χ4n) is 5.43. The quantitative estimate of drug-likeness (QED) is 0.659. The summed E-state index contributed by atoms with van der Waals surface area (Å²) in [4.78, 5) is 41.8. The summed E-state index contributed by atoms with van der Waals surface area (Å²) in [6, 6.07) is 14.4. The van der Waals surface area contributed by atoms with E-state index in [4.69, 9.17) is 9.47 Å². The number of esters is 1. The Labute approximate surface area is 192 Å². The number of nitrogens with one attached hydrogen (secondary N) is 1. The van der Waals surface area contributed by atoms with E-state index in [0.29, 0.717) is 17.7 Å². The van der Waals surface area contributed by atoms with Crippen LogP contribution in [-0.2, 0) is 24.5 Å². The highest BCUT2D eigenvalue weighted by Crippen LogP contribution is 2.58. The minimum absolute atomic E-state index is 0.316. The Hall–Kier alpha value is -3.61. The number of hydrogen-bond donors (Lipinski definition) is 1. The topological polar surface area (TPSA) is 84.9 Å². The number of amides is 2. The number of fused-ring (bicyclic) bond motifs is 6. The van der Waals surface area contributed by atoms with Crippen LogP contribution in [-0.4, -0.2) is 36.7 Å². The largest absolute Gasteiger partial charge is 0.469 e. The van der Waals surface area contributed by atoms with Gasteiger partial charge in [0.25, 0.3) is 5.91 Å². The lowest BCUT2D eigenvalue weighted by Gasteiger charge is -2.42. The number of nitrogens with zero attached hydrogens (tertiary/aromatic N) is 1. The normalized spacial score (nSPS) is 25.0. The van der Waals surface area contributed by atoms with Gasteiger partial charge in [0.1, 0.15) is 11.0 Å². The van der Waals surface area contributed by atoms with Gasteiger partial charge in [0.2, 0.25) is 0 Å². The molecule has 33 heavy (non-hydrogen) atoms. The van der Waals surface area contributed by atoms with E-state index in [1.807, 2.05) is 42.5 Å². The summed E-state index contributed by atoms with van der Waals surface area (Å²) in [6.45, 7) is 5.25. The van der Waals surface area contributed by atoms with Crippen molar-refractivity contribution in [2.75, 3.05) is 17.3 Å². The van der Waals surface area contributed by atoms with Crippen LogP contribution in [0.4, 0.5) is 16.2 Å². The molecule has 0 saturated carbocycles. The van der Waals surface area contributed by atoms with Crippen molar-refractivity contribution in [2.45, 2.75) is 44.2 Å². The highest BCUT2D eigenvalue weighted by atomic mass is 16.6. The molecule has 1 N–H and O–H groups in total. The van der Waals surface area contributed by atoms with Gasteiger partial charge in [-0.05, 0) is 50.5 Å². The van der Waals surface area contributed by atoms with Crippen molar-refractivity contribution in [3.63, 3.8) is 0 Å². The zero-order valence-electron chi connectivity index (χ0n) is 19.0. The molecule has 0 fully saturated rings. The van der Waals surface area contributed by atoms with Crippen LogP contribution in [0.1, 0.15) is 38.3 Å². The van der Waals surface area contributed by atoms with Gasteiger partial charge in [0, 0.05) is 11.3 Å². The number of carbonyl (C=O) groups is 3. The maximum absolute atomic E-state index is 14.3. The minimum atomic E-state index is -1.36. The number of hydrogen-bond acceptors (Lipinski definition) is 6. The number of allylic oxidation sites excluding steroid dienone is 1. The van der Waals surface area contributed by atoms with Crippen LogP contribution in [0.2, 0.25) is 0 Å². The van der Waals surface area contributed by atoms with Gasteiger partial charge in [0.05, 0.1) is 24.8 Å². The maximum Gasteiger partial charge on any atom is 0.421 e. The van der Waals surface area contributed by atoms with Crippen LogP contribution in [0.15, 0.2) is 54.6 Å². The molecule has 2 heterocycles. The lowest BCUT2D eigenvalue weighted by atomic mass is 9.60. The second kappa shape index (κ2) is 7.20. The SMILES string of the molecule is COC(=O)[C@H]1CC=C2c3ccccc3N[C@H]2[C@]12C(=O)N(C(=O)OC(C)(C)C)c1ccccc12. The second-order valence-corrected chi connectivity index (χ2v) is 9.60. The van der Waals surface area contributed by atoms with Crippen molar-refractivity contribution in [2.24, 2.45) is 5.92 Å². The summed E-state index contributed by atoms with van der Waals surface area (Å²) < 4.78 is 10.8. The van der Waals surface area contributed by atoms with Crippen molar-refractivity contribution in [3.8, 4) is 0 Å². The highest BCUT2D eigenvalue weighted by Gasteiger charge is 2.66. The first kappa shape index (κ1) is 21.2. The zero-order chi connectivity index (χ0) is 23.5. The lowest BCUT2D eigenvalue weighted by Crippen LogP contribution is -2.59. The molecule has 0 aromatic heterocycles. The number of anilines is 2. The van der Waals surface area contributed by atoms with Crippen LogP contribution in [0.5, 0.6) is 0 Å².